The molecule has 12 heteroatoms. The Balaban J connectivity index is 1.40. The van der Waals surface area contributed by atoms with Crippen LogP contribution in [0.5, 0.6) is 0 Å². The van der Waals surface area contributed by atoms with Gasteiger partial charge in [-0.15, -0.1) is 0 Å². The highest BCUT2D eigenvalue weighted by Crippen LogP contribution is 2.41. The molecular weight excluding hydrogens is 554 g/mol. The molecule has 1 atom stereocenters. The largest absolute Gasteiger partial charge is 0.464 e. The Hall–Kier alpha value is -3.51. The molecule has 9 nitrogen and oxygen atoms in total. The van der Waals surface area contributed by atoms with Crippen LogP contribution in [-0.4, -0.2) is 53.1 Å². The molecule has 0 aliphatic heterocycles. The maximum atomic E-state index is 13.1. The lowest BCUT2D eigenvalue weighted by molar-refractivity contribution is -0.150. The summed E-state index contributed by atoms with van der Waals surface area (Å²) >= 11 is 0. The summed E-state index contributed by atoms with van der Waals surface area (Å²) in [6, 6.07) is 9.78. The summed E-state index contributed by atoms with van der Waals surface area (Å²) in [6.45, 7) is 3.46. The first-order valence-electron chi connectivity index (χ1n) is 13.4. The minimum atomic E-state index is -3.20. The molecule has 1 aliphatic carbocycles. The van der Waals surface area contributed by atoms with Crippen molar-refractivity contribution in [3.63, 3.8) is 0 Å². The van der Waals surface area contributed by atoms with Gasteiger partial charge in [-0.25, -0.2) is 27.2 Å². The summed E-state index contributed by atoms with van der Waals surface area (Å²) in [5.41, 5.74) is 1.36. The number of hydrogen-bond acceptors (Lipinski definition) is 9. The number of halogens is 2. The maximum Gasteiger partial charge on any atom is 0.308 e. The van der Waals surface area contributed by atoms with Crippen molar-refractivity contribution in [1.82, 2.24) is 15.0 Å². The van der Waals surface area contributed by atoms with Gasteiger partial charge in [0.25, 0.3) is 6.43 Å². The molecule has 0 spiro atoms. The van der Waals surface area contributed by atoms with Crippen LogP contribution in [-0.2, 0) is 25.0 Å². The number of carbonyl (C=O) groups is 1. The molecule has 0 unspecified atom stereocenters. The molecule has 1 saturated carbocycles. The fourth-order valence-corrected chi connectivity index (χ4v) is 5.40. The number of sulfone groups is 1. The average Bonchev–Trinajstić information content (AvgIpc) is 2.92. The van der Waals surface area contributed by atoms with E-state index in [1.807, 2.05) is 19.1 Å². The van der Waals surface area contributed by atoms with Crippen LogP contribution >= 0.6 is 0 Å². The Morgan fingerprint density at radius 3 is 2.49 bits per heavy atom. The lowest BCUT2D eigenvalue weighted by atomic mass is 9.73. The van der Waals surface area contributed by atoms with E-state index in [0.717, 1.165) is 11.8 Å². The minimum Gasteiger partial charge on any atom is -0.464 e. The third-order valence-electron chi connectivity index (χ3n) is 7.39. The van der Waals surface area contributed by atoms with Crippen molar-refractivity contribution in [1.29, 1.82) is 0 Å². The Morgan fingerprint density at radius 1 is 1.12 bits per heavy atom. The van der Waals surface area contributed by atoms with Gasteiger partial charge in [-0.3, -0.25) is 9.78 Å². The molecule has 1 aliphatic rings. The zero-order valence-corrected chi connectivity index (χ0v) is 24.0. The first-order chi connectivity index (χ1) is 19.3. The SMILES string of the molecule is Cc1cc(Nc2cc(C(F)F)ccn2)nc(-c2ccc([C@](C)(O)C3CCC(C(=O)OCCS(C)(=O)=O)CC3)nc2)c1. The fourth-order valence-electron chi connectivity index (χ4n) is 5.02. The summed E-state index contributed by atoms with van der Waals surface area (Å²) in [6.07, 6.45) is 3.70. The van der Waals surface area contributed by atoms with Gasteiger partial charge in [0.15, 0.2) is 9.84 Å². The molecule has 220 valence electrons. The van der Waals surface area contributed by atoms with Gasteiger partial charge in [0.05, 0.1) is 23.1 Å². The Bertz CT molecular complexity index is 1470. The van der Waals surface area contributed by atoms with Gasteiger partial charge in [0.1, 0.15) is 23.8 Å². The highest BCUT2D eigenvalue weighted by Gasteiger charge is 2.39. The highest BCUT2D eigenvalue weighted by atomic mass is 32.2. The number of ether oxygens (including phenoxy) is 1. The average molecular weight is 589 g/mol. The number of hydrogen-bond donors (Lipinski definition) is 2. The van der Waals surface area contributed by atoms with Crippen molar-refractivity contribution in [3.05, 3.63) is 65.6 Å². The Kier molecular flexibility index (Phi) is 9.33. The van der Waals surface area contributed by atoms with Crippen LogP contribution < -0.4 is 5.32 Å². The van der Waals surface area contributed by atoms with Crippen LogP contribution in [0, 0.1) is 18.8 Å². The van der Waals surface area contributed by atoms with E-state index >= 15 is 0 Å². The molecule has 0 aromatic carbocycles. The number of anilines is 2. The van der Waals surface area contributed by atoms with Crippen molar-refractivity contribution in [2.45, 2.75) is 51.6 Å². The summed E-state index contributed by atoms with van der Waals surface area (Å²) in [7, 11) is -3.20. The summed E-state index contributed by atoms with van der Waals surface area (Å²) < 4.78 is 53.8. The van der Waals surface area contributed by atoms with Gasteiger partial charge < -0.3 is 15.2 Å². The summed E-state index contributed by atoms with van der Waals surface area (Å²) in [5.74, 6) is -0.334. The normalized spacial score (nSPS) is 19.0. The van der Waals surface area contributed by atoms with E-state index in [9.17, 15) is 27.1 Å². The molecule has 41 heavy (non-hydrogen) atoms. The quantitative estimate of drug-likeness (QED) is 0.310. The molecule has 1 fully saturated rings. The first-order valence-corrected chi connectivity index (χ1v) is 15.4. The van der Waals surface area contributed by atoms with Crippen LogP contribution in [0.3, 0.4) is 0 Å². The Morgan fingerprint density at radius 2 is 1.85 bits per heavy atom. The number of carbonyl (C=O) groups excluding carboxylic acids is 1. The van der Waals surface area contributed by atoms with Gasteiger partial charge in [0.2, 0.25) is 0 Å². The number of alkyl halides is 2. The lowest BCUT2D eigenvalue weighted by Gasteiger charge is -2.37. The fraction of sp³-hybridized carbons (Fsp3) is 0.448. The summed E-state index contributed by atoms with van der Waals surface area (Å²) in [4.78, 5) is 25.6. The molecule has 0 bridgehead atoms. The Labute approximate surface area is 238 Å². The predicted molar refractivity (Wildman–Crippen MR) is 150 cm³/mol. The van der Waals surface area contributed by atoms with Crippen molar-refractivity contribution >= 4 is 27.4 Å². The second-order valence-electron chi connectivity index (χ2n) is 10.7. The molecular formula is C29H34F2N4O5S. The van der Waals surface area contributed by atoms with Crippen molar-refractivity contribution in [2.75, 3.05) is 23.9 Å². The van der Waals surface area contributed by atoms with E-state index in [2.05, 4.69) is 20.3 Å². The van der Waals surface area contributed by atoms with E-state index in [1.54, 1.807) is 25.3 Å². The highest BCUT2D eigenvalue weighted by molar-refractivity contribution is 7.90. The summed E-state index contributed by atoms with van der Waals surface area (Å²) in [5, 5.41) is 14.4. The van der Waals surface area contributed by atoms with Crippen molar-refractivity contribution in [3.8, 4) is 11.3 Å². The molecule has 4 rings (SSSR count). The number of aliphatic hydroxyl groups is 1. The number of nitrogens with zero attached hydrogens (tertiary/aromatic N) is 3. The van der Waals surface area contributed by atoms with Gasteiger partial charge >= 0.3 is 5.97 Å². The predicted octanol–water partition coefficient (Wildman–Crippen LogP) is 5.13. The van der Waals surface area contributed by atoms with Crippen LogP contribution in [0.15, 0.2) is 48.8 Å². The lowest BCUT2D eigenvalue weighted by Crippen LogP contribution is -2.37. The van der Waals surface area contributed by atoms with E-state index < -0.39 is 27.8 Å². The molecule has 0 amide bonds. The van der Waals surface area contributed by atoms with Crippen LogP contribution in [0.25, 0.3) is 11.3 Å². The number of pyridine rings is 3. The van der Waals surface area contributed by atoms with E-state index in [-0.39, 0.29) is 35.6 Å². The molecule has 0 radical (unpaired) electrons. The molecule has 3 aromatic rings. The van der Waals surface area contributed by atoms with Gasteiger partial charge in [-0.1, -0.05) is 0 Å². The molecule has 3 aromatic heterocycles. The standard InChI is InChI=1S/C29H34F2N4O5S/c1-18-14-23(34-26(15-18)35-25-16-20(27(30)31)10-11-32-25)21-6-9-24(33-17-21)29(2,37)22-7-4-19(5-8-22)28(36)40-12-13-41(3,38)39/h6,9-11,14-17,19,22,27,37H,4-5,7-8,12-13H2,1-3H3,(H,32,34,35)/t19?,22?,29-/m1/s1. The van der Waals surface area contributed by atoms with Gasteiger partial charge in [-0.05, 0) is 87.4 Å². The van der Waals surface area contributed by atoms with Gasteiger partial charge in [-0.2, -0.15) is 0 Å². The zero-order valence-electron chi connectivity index (χ0n) is 23.2. The van der Waals surface area contributed by atoms with Crippen LogP contribution in [0.2, 0.25) is 0 Å². The molecule has 3 heterocycles. The smallest absolute Gasteiger partial charge is 0.308 e. The number of esters is 1. The van der Waals surface area contributed by atoms with Crippen molar-refractivity contribution < 1.29 is 31.8 Å². The number of nitrogens with one attached hydrogen (secondary N) is 1. The monoisotopic (exact) mass is 588 g/mol. The number of aromatic nitrogens is 3. The van der Waals surface area contributed by atoms with E-state index in [4.69, 9.17) is 4.74 Å². The zero-order chi connectivity index (χ0) is 29.8. The minimum absolute atomic E-state index is 0.120. The number of aryl methyl sites for hydroxylation is 1. The van der Waals surface area contributed by atoms with Gasteiger partial charge in [0, 0.05) is 29.8 Å². The molecule has 0 saturated heterocycles. The second-order valence-corrected chi connectivity index (χ2v) is 13.0. The third-order valence-corrected chi connectivity index (χ3v) is 8.30. The van der Waals surface area contributed by atoms with Crippen molar-refractivity contribution in [2.24, 2.45) is 11.8 Å². The number of rotatable bonds is 10. The third kappa shape index (κ3) is 8.04. The second kappa shape index (κ2) is 12.6. The maximum absolute atomic E-state index is 13.1. The van der Waals surface area contributed by atoms with Crippen LogP contribution in [0.4, 0.5) is 20.4 Å². The topological polar surface area (TPSA) is 131 Å². The molecule has 2 N–H and O–H groups in total. The van der Waals surface area contributed by atoms with E-state index in [1.165, 1.54) is 18.3 Å². The van der Waals surface area contributed by atoms with E-state index in [0.29, 0.717) is 48.5 Å². The van der Waals surface area contributed by atoms with Crippen LogP contribution in [0.1, 0.15) is 55.9 Å². The first kappa shape index (κ1) is 30.4.